The van der Waals surface area contributed by atoms with Crippen molar-refractivity contribution in [3.63, 3.8) is 0 Å². The van der Waals surface area contributed by atoms with Crippen molar-refractivity contribution in [3.8, 4) is 11.3 Å². The lowest BCUT2D eigenvalue weighted by molar-refractivity contribution is 0.126. The summed E-state index contributed by atoms with van der Waals surface area (Å²) in [6.07, 6.45) is 5.21. The molecule has 0 saturated heterocycles. The molecule has 0 radical (unpaired) electrons. The Balaban J connectivity index is 1.68. The summed E-state index contributed by atoms with van der Waals surface area (Å²) in [6, 6.07) is 10.3. The van der Waals surface area contributed by atoms with Crippen LogP contribution in [0.15, 0.2) is 36.5 Å². The van der Waals surface area contributed by atoms with E-state index in [0.717, 1.165) is 53.5 Å². The van der Waals surface area contributed by atoms with Crippen molar-refractivity contribution in [2.75, 3.05) is 11.1 Å². The van der Waals surface area contributed by atoms with Crippen molar-refractivity contribution in [1.29, 1.82) is 0 Å². The monoisotopic (exact) mass is 323 g/mol. The molecule has 0 aliphatic heterocycles. The summed E-state index contributed by atoms with van der Waals surface area (Å²) >= 11 is 0. The fourth-order valence-electron chi connectivity index (χ4n) is 3.39. The molecule has 0 amide bonds. The van der Waals surface area contributed by atoms with Crippen molar-refractivity contribution >= 4 is 22.4 Å². The van der Waals surface area contributed by atoms with Gasteiger partial charge in [-0.1, -0.05) is 12.1 Å². The lowest BCUT2D eigenvalue weighted by Gasteiger charge is -2.27. The molecule has 2 heterocycles. The van der Waals surface area contributed by atoms with E-state index in [1.54, 1.807) is 6.20 Å². The quantitative estimate of drug-likeness (QED) is 0.594. The second-order valence-electron chi connectivity index (χ2n) is 6.45. The molecule has 5 N–H and O–H groups in total. The van der Waals surface area contributed by atoms with Crippen LogP contribution in [0.2, 0.25) is 0 Å². The number of H-pyrrole nitrogens is 1. The minimum Gasteiger partial charge on any atom is -0.393 e. The molecule has 4 rings (SSSR count). The van der Waals surface area contributed by atoms with Crippen LogP contribution in [0.5, 0.6) is 0 Å². The highest BCUT2D eigenvalue weighted by atomic mass is 16.3. The van der Waals surface area contributed by atoms with Gasteiger partial charge in [0.15, 0.2) is 0 Å². The van der Waals surface area contributed by atoms with Gasteiger partial charge in [0.2, 0.25) is 0 Å². The standard InChI is InChI=1S/C18H21N5O/c19-18-10-17(21-12-2-4-13(24)5-3-12)14-6-1-11(9-16(14)22-18)15-7-8-20-23-15/h1,6-10,12-13,24H,2-5H2,(H,20,23)(H3,19,21,22)/t12-,13-. The molecule has 6 nitrogen and oxygen atoms in total. The predicted octanol–water partition coefficient (Wildman–Crippen LogP) is 2.92. The van der Waals surface area contributed by atoms with E-state index in [-0.39, 0.29) is 6.10 Å². The highest BCUT2D eigenvalue weighted by molar-refractivity contribution is 5.95. The van der Waals surface area contributed by atoms with E-state index in [4.69, 9.17) is 5.73 Å². The second kappa shape index (κ2) is 6.13. The number of nitrogens with one attached hydrogen (secondary N) is 2. The number of nitrogens with zero attached hydrogens (tertiary/aromatic N) is 2. The summed E-state index contributed by atoms with van der Waals surface area (Å²) in [4.78, 5) is 4.48. The molecule has 24 heavy (non-hydrogen) atoms. The molecule has 0 unspecified atom stereocenters. The van der Waals surface area contributed by atoms with Crippen molar-refractivity contribution in [2.24, 2.45) is 0 Å². The average molecular weight is 323 g/mol. The van der Waals surface area contributed by atoms with Crippen LogP contribution in [0, 0.1) is 0 Å². The van der Waals surface area contributed by atoms with Gasteiger partial charge in [0.25, 0.3) is 0 Å². The number of aromatic amines is 1. The van der Waals surface area contributed by atoms with Gasteiger partial charge in [-0.3, -0.25) is 5.10 Å². The smallest absolute Gasteiger partial charge is 0.126 e. The summed E-state index contributed by atoms with van der Waals surface area (Å²) < 4.78 is 0. The Labute approximate surface area is 140 Å². The molecule has 2 aromatic heterocycles. The van der Waals surface area contributed by atoms with Gasteiger partial charge < -0.3 is 16.2 Å². The number of nitrogen functional groups attached to an aromatic ring is 1. The normalized spacial score (nSPS) is 21.0. The Morgan fingerprint density at radius 3 is 2.71 bits per heavy atom. The van der Waals surface area contributed by atoms with Crippen LogP contribution in [-0.4, -0.2) is 32.4 Å². The summed E-state index contributed by atoms with van der Waals surface area (Å²) in [5.41, 5.74) is 9.87. The zero-order chi connectivity index (χ0) is 16.5. The van der Waals surface area contributed by atoms with Crippen LogP contribution >= 0.6 is 0 Å². The number of anilines is 2. The van der Waals surface area contributed by atoms with Crippen molar-refractivity contribution < 1.29 is 5.11 Å². The zero-order valence-electron chi connectivity index (χ0n) is 13.4. The van der Waals surface area contributed by atoms with E-state index in [1.807, 2.05) is 18.2 Å². The molecular formula is C18H21N5O. The average Bonchev–Trinajstić information content (AvgIpc) is 3.11. The minimum absolute atomic E-state index is 0.153. The molecule has 1 aliphatic carbocycles. The third-order valence-corrected chi connectivity index (χ3v) is 4.70. The van der Waals surface area contributed by atoms with E-state index >= 15 is 0 Å². The number of aliphatic hydroxyl groups excluding tert-OH is 1. The van der Waals surface area contributed by atoms with E-state index in [1.165, 1.54) is 0 Å². The van der Waals surface area contributed by atoms with Crippen molar-refractivity contribution in [2.45, 2.75) is 37.8 Å². The molecule has 0 atom stereocenters. The summed E-state index contributed by atoms with van der Waals surface area (Å²) in [5.74, 6) is 0.502. The number of aliphatic hydroxyl groups is 1. The first-order valence-electron chi connectivity index (χ1n) is 8.33. The molecule has 124 valence electrons. The van der Waals surface area contributed by atoms with Crippen LogP contribution in [0.25, 0.3) is 22.2 Å². The van der Waals surface area contributed by atoms with Crippen LogP contribution < -0.4 is 11.1 Å². The van der Waals surface area contributed by atoms with E-state index < -0.39 is 0 Å². The lowest BCUT2D eigenvalue weighted by atomic mass is 9.93. The van der Waals surface area contributed by atoms with Gasteiger partial charge in [-0.15, -0.1) is 0 Å². The van der Waals surface area contributed by atoms with Gasteiger partial charge in [0, 0.05) is 34.9 Å². The number of pyridine rings is 1. The van der Waals surface area contributed by atoms with Gasteiger partial charge in [-0.2, -0.15) is 5.10 Å². The van der Waals surface area contributed by atoms with Gasteiger partial charge in [-0.05, 0) is 37.8 Å². The number of rotatable bonds is 3. The largest absolute Gasteiger partial charge is 0.393 e. The maximum absolute atomic E-state index is 9.66. The number of hydrogen-bond donors (Lipinski definition) is 4. The molecule has 3 aromatic rings. The molecule has 6 heteroatoms. The summed E-state index contributed by atoms with van der Waals surface area (Å²) in [6.45, 7) is 0. The Kier molecular flexibility index (Phi) is 3.82. The molecule has 1 saturated carbocycles. The molecule has 1 fully saturated rings. The van der Waals surface area contributed by atoms with Gasteiger partial charge >= 0.3 is 0 Å². The lowest BCUT2D eigenvalue weighted by Crippen LogP contribution is -2.28. The highest BCUT2D eigenvalue weighted by Gasteiger charge is 2.20. The van der Waals surface area contributed by atoms with Crippen molar-refractivity contribution in [3.05, 3.63) is 36.5 Å². The third kappa shape index (κ3) is 2.92. The first kappa shape index (κ1) is 15.0. The Morgan fingerprint density at radius 1 is 1.12 bits per heavy atom. The van der Waals surface area contributed by atoms with Crippen LogP contribution in [-0.2, 0) is 0 Å². The molecule has 0 bridgehead atoms. The SMILES string of the molecule is Nc1cc(N[C@H]2CC[C@H](O)CC2)c2ccc(-c3ccn[nH]3)cc2n1. The van der Waals surface area contributed by atoms with Crippen LogP contribution in [0.4, 0.5) is 11.5 Å². The van der Waals surface area contributed by atoms with Gasteiger partial charge in [0.05, 0.1) is 17.3 Å². The van der Waals surface area contributed by atoms with Crippen LogP contribution in [0.3, 0.4) is 0 Å². The zero-order valence-corrected chi connectivity index (χ0v) is 13.4. The molecule has 1 aliphatic rings. The topological polar surface area (TPSA) is 99.9 Å². The fourth-order valence-corrected chi connectivity index (χ4v) is 3.39. The van der Waals surface area contributed by atoms with E-state index in [2.05, 4.69) is 32.6 Å². The number of nitrogens with two attached hydrogens (primary N) is 1. The van der Waals surface area contributed by atoms with Gasteiger partial charge in [0.1, 0.15) is 5.82 Å². The molecular weight excluding hydrogens is 302 g/mol. The number of fused-ring (bicyclic) bond motifs is 1. The van der Waals surface area contributed by atoms with E-state index in [0.29, 0.717) is 11.9 Å². The second-order valence-corrected chi connectivity index (χ2v) is 6.45. The Morgan fingerprint density at radius 2 is 1.96 bits per heavy atom. The summed E-state index contributed by atoms with van der Waals surface area (Å²) in [7, 11) is 0. The summed E-state index contributed by atoms with van der Waals surface area (Å²) in [5, 5.41) is 21.3. The Bertz CT molecular complexity index is 838. The van der Waals surface area contributed by atoms with E-state index in [9.17, 15) is 5.11 Å². The Hall–Kier alpha value is -2.60. The number of aromatic nitrogens is 3. The van der Waals surface area contributed by atoms with Crippen molar-refractivity contribution in [1.82, 2.24) is 15.2 Å². The molecule has 1 aromatic carbocycles. The fraction of sp³-hybridized carbons (Fsp3) is 0.333. The highest BCUT2D eigenvalue weighted by Crippen LogP contribution is 2.30. The number of hydrogen-bond acceptors (Lipinski definition) is 5. The minimum atomic E-state index is -0.153. The first-order chi connectivity index (χ1) is 11.7. The van der Waals surface area contributed by atoms with Crippen LogP contribution in [0.1, 0.15) is 25.7 Å². The maximum Gasteiger partial charge on any atom is 0.126 e. The maximum atomic E-state index is 9.66. The predicted molar refractivity (Wildman–Crippen MR) is 95.6 cm³/mol. The first-order valence-corrected chi connectivity index (χ1v) is 8.33. The third-order valence-electron chi connectivity index (χ3n) is 4.70. The molecule has 0 spiro atoms. The number of benzene rings is 1. The van der Waals surface area contributed by atoms with Gasteiger partial charge in [-0.25, -0.2) is 4.98 Å².